The third kappa shape index (κ3) is 5.30. The molecule has 0 aliphatic carbocycles. The average molecular weight is 415 g/mol. The Bertz CT molecular complexity index is 749. The second-order valence-corrected chi connectivity index (χ2v) is 7.91. The molecule has 0 aromatic heterocycles. The molecule has 1 unspecified atom stereocenters. The van der Waals surface area contributed by atoms with Crippen LogP contribution in [-0.4, -0.2) is 91.9 Å². The molecule has 0 saturated carbocycles. The highest BCUT2D eigenvalue weighted by Gasteiger charge is 2.30. The van der Waals surface area contributed by atoms with E-state index in [0.717, 1.165) is 63.6 Å². The lowest BCUT2D eigenvalue weighted by atomic mass is 10.1. The van der Waals surface area contributed by atoms with E-state index in [9.17, 15) is 9.59 Å². The van der Waals surface area contributed by atoms with E-state index in [0.29, 0.717) is 12.1 Å². The summed E-state index contributed by atoms with van der Waals surface area (Å²) in [5.74, 6) is 1.05. The molecule has 30 heavy (non-hydrogen) atoms. The number of benzene rings is 1. The normalized spacial score (nSPS) is 19.0. The molecular weight excluding hydrogens is 380 g/mol. The maximum atomic E-state index is 12.7. The van der Waals surface area contributed by atoms with Crippen LogP contribution in [0.2, 0.25) is 0 Å². The Kier molecular flexibility index (Phi) is 7.68. The zero-order valence-corrected chi connectivity index (χ0v) is 18.4. The first-order valence-electron chi connectivity index (χ1n) is 10.8. The number of hydrogen-bond donors (Lipinski definition) is 2. The summed E-state index contributed by atoms with van der Waals surface area (Å²) in [5.41, 5.74) is 1.74. The Labute approximate surface area is 179 Å². The fourth-order valence-corrected chi connectivity index (χ4v) is 4.11. The number of nitrogens with one attached hydrogen (secondary N) is 2. The first kappa shape index (κ1) is 22.1. The van der Waals surface area contributed by atoms with E-state index in [1.807, 2.05) is 36.1 Å². The van der Waals surface area contributed by atoms with Gasteiger partial charge in [0, 0.05) is 65.5 Å². The molecule has 3 rings (SSSR count). The molecule has 2 aliphatic rings. The molecule has 2 fully saturated rings. The van der Waals surface area contributed by atoms with Crippen LogP contribution in [0.3, 0.4) is 0 Å². The Hall–Kier alpha value is -2.61. The third-order valence-electron chi connectivity index (χ3n) is 6.04. The highest BCUT2D eigenvalue weighted by molar-refractivity contribution is 5.94. The Morgan fingerprint density at radius 1 is 1.00 bits per heavy atom. The molecule has 1 aromatic carbocycles. The molecular formula is C22H34N6O2. The molecule has 2 heterocycles. The van der Waals surface area contributed by atoms with Crippen molar-refractivity contribution in [2.45, 2.75) is 32.4 Å². The van der Waals surface area contributed by atoms with Gasteiger partial charge in [0.2, 0.25) is 5.91 Å². The standard InChI is InChI=1S/C22H34N6O2/c1-17(21(30)27-10-4-5-11-27)26-12-14-28(15-13-26)22(24-3)25-16-18-6-8-19(9-7-18)20(29)23-2/h6-9,17H,4-5,10-16H2,1-3H3,(H,23,29)(H,24,25). The number of amides is 2. The van der Waals surface area contributed by atoms with Crippen molar-refractivity contribution >= 4 is 17.8 Å². The Balaban J connectivity index is 1.47. The zero-order chi connectivity index (χ0) is 21.5. The lowest BCUT2D eigenvalue weighted by Gasteiger charge is -2.39. The summed E-state index contributed by atoms with van der Waals surface area (Å²) in [6.07, 6.45) is 2.26. The number of carbonyl (C=O) groups is 2. The minimum Gasteiger partial charge on any atom is -0.355 e. The molecule has 2 N–H and O–H groups in total. The number of piperazine rings is 1. The fraction of sp³-hybridized carbons (Fsp3) is 0.591. The van der Waals surface area contributed by atoms with Crippen LogP contribution in [-0.2, 0) is 11.3 Å². The van der Waals surface area contributed by atoms with E-state index in [2.05, 4.69) is 25.4 Å². The van der Waals surface area contributed by atoms with Crippen molar-refractivity contribution in [3.05, 3.63) is 35.4 Å². The van der Waals surface area contributed by atoms with Gasteiger partial charge in [0.25, 0.3) is 5.91 Å². The lowest BCUT2D eigenvalue weighted by molar-refractivity contribution is -0.135. The van der Waals surface area contributed by atoms with Gasteiger partial charge in [0.1, 0.15) is 0 Å². The molecule has 2 saturated heterocycles. The monoisotopic (exact) mass is 414 g/mol. The van der Waals surface area contributed by atoms with Crippen molar-refractivity contribution in [1.82, 2.24) is 25.3 Å². The number of hydrogen-bond acceptors (Lipinski definition) is 4. The smallest absolute Gasteiger partial charge is 0.251 e. The van der Waals surface area contributed by atoms with Crippen LogP contribution in [0, 0.1) is 0 Å². The highest BCUT2D eigenvalue weighted by atomic mass is 16.2. The second kappa shape index (κ2) is 10.4. The number of guanidine groups is 1. The van der Waals surface area contributed by atoms with Crippen LogP contribution in [0.25, 0.3) is 0 Å². The first-order chi connectivity index (χ1) is 14.5. The van der Waals surface area contributed by atoms with E-state index < -0.39 is 0 Å². The summed E-state index contributed by atoms with van der Waals surface area (Å²) in [7, 11) is 3.42. The van der Waals surface area contributed by atoms with Gasteiger partial charge in [-0.25, -0.2) is 0 Å². The second-order valence-electron chi connectivity index (χ2n) is 7.91. The van der Waals surface area contributed by atoms with Crippen LogP contribution in [0.4, 0.5) is 0 Å². The van der Waals surface area contributed by atoms with Gasteiger partial charge in [-0.05, 0) is 37.5 Å². The summed E-state index contributed by atoms with van der Waals surface area (Å²) in [5, 5.41) is 6.04. The molecule has 8 nitrogen and oxygen atoms in total. The van der Waals surface area contributed by atoms with Gasteiger partial charge >= 0.3 is 0 Å². The quantitative estimate of drug-likeness (QED) is 0.549. The summed E-state index contributed by atoms with van der Waals surface area (Å²) in [6, 6.07) is 7.51. The molecule has 2 amide bonds. The van der Waals surface area contributed by atoms with Gasteiger partial charge in [0.15, 0.2) is 5.96 Å². The van der Waals surface area contributed by atoms with E-state index in [4.69, 9.17) is 0 Å². The summed E-state index contributed by atoms with van der Waals surface area (Å²) in [4.78, 5) is 35.3. The van der Waals surface area contributed by atoms with Gasteiger partial charge in [-0.3, -0.25) is 19.5 Å². The summed E-state index contributed by atoms with van der Waals surface area (Å²) >= 11 is 0. The molecule has 1 atom stereocenters. The van der Waals surface area contributed by atoms with Crippen LogP contribution in [0.15, 0.2) is 29.3 Å². The van der Waals surface area contributed by atoms with E-state index in [1.54, 1.807) is 14.1 Å². The Morgan fingerprint density at radius 3 is 2.20 bits per heavy atom. The molecule has 2 aliphatic heterocycles. The number of rotatable bonds is 5. The maximum Gasteiger partial charge on any atom is 0.251 e. The van der Waals surface area contributed by atoms with Gasteiger partial charge < -0.3 is 20.4 Å². The highest BCUT2D eigenvalue weighted by Crippen LogP contribution is 2.14. The van der Waals surface area contributed by atoms with Crippen molar-refractivity contribution in [1.29, 1.82) is 0 Å². The summed E-state index contributed by atoms with van der Waals surface area (Å²) in [6.45, 7) is 7.87. The molecule has 0 spiro atoms. The van der Waals surface area contributed by atoms with E-state index in [-0.39, 0.29) is 17.9 Å². The predicted molar refractivity (Wildman–Crippen MR) is 118 cm³/mol. The van der Waals surface area contributed by atoms with E-state index in [1.165, 1.54) is 0 Å². The van der Waals surface area contributed by atoms with Crippen LogP contribution in [0.1, 0.15) is 35.7 Å². The maximum absolute atomic E-state index is 12.7. The van der Waals surface area contributed by atoms with Crippen molar-refractivity contribution in [2.75, 3.05) is 53.4 Å². The molecule has 0 bridgehead atoms. The molecule has 0 radical (unpaired) electrons. The fourth-order valence-electron chi connectivity index (χ4n) is 4.11. The van der Waals surface area contributed by atoms with Crippen LogP contribution < -0.4 is 10.6 Å². The number of aliphatic imine (C=N–C) groups is 1. The van der Waals surface area contributed by atoms with Gasteiger partial charge in [-0.2, -0.15) is 0 Å². The predicted octanol–water partition coefficient (Wildman–Crippen LogP) is 0.750. The molecule has 1 aromatic rings. The Morgan fingerprint density at radius 2 is 1.63 bits per heavy atom. The van der Waals surface area contributed by atoms with Crippen molar-refractivity contribution in [3.63, 3.8) is 0 Å². The summed E-state index contributed by atoms with van der Waals surface area (Å²) < 4.78 is 0. The van der Waals surface area contributed by atoms with Crippen LogP contribution in [0.5, 0.6) is 0 Å². The van der Waals surface area contributed by atoms with Crippen molar-refractivity contribution in [3.8, 4) is 0 Å². The third-order valence-corrected chi connectivity index (χ3v) is 6.04. The first-order valence-corrected chi connectivity index (χ1v) is 10.8. The largest absolute Gasteiger partial charge is 0.355 e. The van der Waals surface area contributed by atoms with Gasteiger partial charge in [-0.15, -0.1) is 0 Å². The lowest BCUT2D eigenvalue weighted by Crippen LogP contribution is -2.57. The van der Waals surface area contributed by atoms with Gasteiger partial charge in [0.05, 0.1) is 6.04 Å². The number of likely N-dealkylation sites (tertiary alicyclic amines) is 1. The van der Waals surface area contributed by atoms with Gasteiger partial charge in [-0.1, -0.05) is 12.1 Å². The van der Waals surface area contributed by atoms with Crippen LogP contribution >= 0.6 is 0 Å². The average Bonchev–Trinajstić information content (AvgIpc) is 3.34. The SMILES string of the molecule is CN=C(NCc1ccc(C(=O)NC)cc1)N1CCN(C(C)C(=O)N2CCCC2)CC1. The molecule has 164 valence electrons. The zero-order valence-electron chi connectivity index (χ0n) is 18.4. The number of carbonyl (C=O) groups excluding carboxylic acids is 2. The van der Waals surface area contributed by atoms with Crippen molar-refractivity contribution in [2.24, 2.45) is 4.99 Å². The minimum atomic E-state index is -0.0827. The topological polar surface area (TPSA) is 80.3 Å². The minimum absolute atomic E-state index is 0.0564. The number of nitrogens with zero attached hydrogens (tertiary/aromatic N) is 4. The van der Waals surface area contributed by atoms with E-state index >= 15 is 0 Å². The molecule has 8 heteroatoms. The van der Waals surface area contributed by atoms with Crippen molar-refractivity contribution < 1.29 is 9.59 Å².